The number of anilines is 3. The molecule has 4 aromatic rings. The van der Waals surface area contributed by atoms with E-state index in [2.05, 4.69) is 37.1 Å². The van der Waals surface area contributed by atoms with Crippen LogP contribution in [0, 0.1) is 5.82 Å². The molecule has 35 heavy (non-hydrogen) atoms. The topological polar surface area (TPSA) is 125 Å². The number of ether oxygens (including phenoxy) is 1. The van der Waals surface area contributed by atoms with Gasteiger partial charge in [-0.05, 0) is 54.6 Å². The molecular weight excluding hydrogens is 451 g/mol. The molecule has 0 fully saturated rings. The number of carbonyl (C=O) groups is 1. The predicted octanol–water partition coefficient (Wildman–Crippen LogP) is 4.08. The quantitative estimate of drug-likeness (QED) is 0.269. The van der Waals surface area contributed by atoms with Gasteiger partial charge in [0.05, 0.1) is 36.5 Å². The number of rotatable bonds is 9. The molecule has 1 amide bonds. The van der Waals surface area contributed by atoms with Crippen LogP contribution >= 0.6 is 0 Å². The van der Waals surface area contributed by atoms with Gasteiger partial charge in [0.1, 0.15) is 17.4 Å². The van der Waals surface area contributed by atoms with Crippen molar-refractivity contribution >= 4 is 23.2 Å². The Kier molecular flexibility index (Phi) is 7.12. The smallest absolute Gasteiger partial charge is 0.247 e. The second-order valence-electron chi connectivity index (χ2n) is 7.39. The van der Waals surface area contributed by atoms with E-state index in [0.29, 0.717) is 52.0 Å². The van der Waals surface area contributed by atoms with Gasteiger partial charge in [-0.15, -0.1) is 0 Å². The normalized spacial score (nSPS) is 10.6. The van der Waals surface area contributed by atoms with E-state index in [9.17, 15) is 14.3 Å². The van der Waals surface area contributed by atoms with E-state index in [-0.39, 0.29) is 24.3 Å². The minimum atomic E-state index is -0.351. The highest BCUT2D eigenvalue weighted by Crippen LogP contribution is 2.32. The molecule has 0 saturated heterocycles. The van der Waals surface area contributed by atoms with Crippen molar-refractivity contribution in [1.29, 1.82) is 0 Å². The fourth-order valence-electron chi connectivity index (χ4n) is 3.40. The summed E-state index contributed by atoms with van der Waals surface area (Å²) in [4.78, 5) is 28.4. The summed E-state index contributed by atoms with van der Waals surface area (Å²) in [6, 6.07) is 12.8. The standard InChI is InChI=1S/C25H23FN6O3/c1-3-22(34)28-17-8-9-20(35-2)19(14-17)30-25-27-12-10-18(29-25)24-23(31-21(32-24)11-13-33)15-4-6-16(26)7-5-15/h3-10,12,14,33H,1,11,13H2,2H3,(H,28,34)(H,31,32)(H,27,29,30). The highest BCUT2D eigenvalue weighted by atomic mass is 19.1. The first kappa shape index (κ1) is 23.6. The van der Waals surface area contributed by atoms with Gasteiger partial charge in [0.2, 0.25) is 11.9 Å². The molecule has 10 heteroatoms. The SMILES string of the molecule is C=CC(=O)Nc1ccc(OC)c(Nc2nccc(-c3[nH]c(CCO)nc3-c3ccc(F)cc3)n2)c1. The molecule has 178 valence electrons. The average Bonchev–Trinajstić information content (AvgIpc) is 3.29. The van der Waals surface area contributed by atoms with Crippen LogP contribution in [0.25, 0.3) is 22.6 Å². The van der Waals surface area contributed by atoms with Crippen molar-refractivity contribution in [3.8, 4) is 28.4 Å². The number of amides is 1. The van der Waals surface area contributed by atoms with Crippen molar-refractivity contribution in [2.75, 3.05) is 24.4 Å². The number of aromatic amines is 1. The first-order chi connectivity index (χ1) is 17.0. The number of halogens is 1. The predicted molar refractivity (Wildman–Crippen MR) is 131 cm³/mol. The molecule has 2 aromatic heterocycles. The van der Waals surface area contributed by atoms with Crippen LogP contribution in [0.5, 0.6) is 5.75 Å². The highest BCUT2D eigenvalue weighted by molar-refractivity contribution is 5.99. The maximum atomic E-state index is 13.5. The Morgan fingerprint density at radius 3 is 2.71 bits per heavy atom. The van der Waals surface area contributed by atoms with Crippen molar-refractivity contribution in [2.45, 2.75) is 6.42 Å². The van der Waals surface area contributed by atoms with E-state index in [4.69, 9.17) is 4.74 Å². The van der Waals surface area contributed by atoms with Crippen LogP contribution in [-0.4, -0.2) is 44.7 Å². The van der Waals surface area contributed by atoms with Crippen molar-refractivity contribution in [3.63, 3.8) is 0 Å². The van der Waals surface area contributed by atoms with Crippen molar-refractivity contribution in [3.05, 3.63) is 79.0 Å². The third-order valence-electron chi connectivity index (χ3n) is 5.03. The Bertz CT molecular complexity index is 1350. The monoisotopic (exact) mass is 474 g/mol. The molecule has 9 nitrogen and oxygen atoms in total. The van der Waals surface area contributed by atoms with Crippen molar-refractivity contribution in [2.24, 2.45) is 0 Å². The average molecular weight is 474 g/mol. The number of aromatic nitrogens is 4. The lowest BCUT2D eigenvalue weighted by Crippen LogP contribution is -2.08. The lowest BCUT2D eigenvalue weighted by Gasteiger charge is -2.13. The summed E-state index contributed by atoms with van der Waals surface area (Å²) in [5.41, 5.74) is 3.48. The van der Waals surface area contributed by atoms with Crippen LogP contribution in [0.1, 0.15) is 5.82 Å². The Labute approximate surface area is 200 Å². The first-order valence-corrected chi connectivity index (χ1v) is 10.7. The summed E-state index contributed by atoms with van der Waals surface area (Å²) < 4.78 is 18.9. The van der Waals surface area contributed by atoms with Crippen molar-refractivity contribution < 1.29 is 19.0 Å². The second kappa shape index (κ2) is 10.6. The number of carbonyl (C=O) groups excluding carboxylic acids is 1. The number of benzene rings is 2. The molecular formula is C25H23FN6O3. The summed E-state index contributed by atoms with van der Waals surface area (Å²) in [6.45, 7) is 3.37. The molecule has 0 aliphatic carbocycles. The minimum Gasteiger partial charge on any atom is -0.495 e. The molecule has 0 saturated carbocycles. The van der Waals surface area contributed by atoms with Crippen LogP contribution in [0.15, 0.2) is 67.4 Å². The summed E-state index contributed by atoms with van der Waals surface area (Å²) in [5.74, 6) is 0.675. The van der Waals surface area contributed by atoms with Crippen LogP contribution in [0.4, 0.5) is 21.7 Å². The van der Waals surface area contributed by atoms with Gasteiger partial charge in [0.25, 0.3) is 0 Å². The Balaban J connectivity index is 1.70. The Morgan fingerprint density at radius 1 is 1.20 bits per heavy atom. The van der Waals surface area contributed by atoms with E-state index in [1.807, 2.05) is 0 Å². The molecule has 4 N–H and O–H groups in total. The van der Waals surface area contributed by atoms with Gasteiger partial charge in [-0.25, -0.2) is 19.3 Å². The van der Waals surface area contributed by atoms with Gasteiger partial charge in [-0.1, -0.05) is 6.58 Å². The first-order valence-electron chi connectivity index (χ1n) is 10.7. The van der Waals surface area contributed by atoms with Crippen LogP contribution < -0.4 is 15.4 Å². The number of H-pyrrole nitrogens is 1. The lowest BCUT2D eigenvalue weighted by atomic mass is 10.1. The number of methoxy groups -OCH3 is 1. The van der Waals surface area contributed by atoms with Gasteiger partial charge in [-0.3, -0.25) is 4.79 Å². The number of hydrogen-bond donors (Lipinski definition) is 4. The molecule has 0 atom stereocenters. The zero-order valence-electron chi connectivity index (χ0n) is 18.9. The van der Waals surface area contributed by atoms with Crippen LogP contribution in [0.3, 0.4) is 0 Å². The van der Waals surface area contributed by atoms with Gasteiger partial charge in [0, 0.05) is 23.9 Å². The van der Waals surface area contributed by atoms with Crippen molar-refractivity contribution in [1.82, 2.24) is 19.9 Å². The van der Waals surface area contributed by atoms with E-state index in [0.717, 1.165) is 0 Å². The molecule has 2 heterocycles. The maximum absolute atomic E-state index is 13.5. The molecule has 0 aliphatic heterocycles. The number of hydrogen-bond acceptors (Lipinski definition) is 7. The molecule has 0 bridgehead atoms. The summed E-state index contributed by atoms with van der Waals surface area (Å²) in [7, 11) is 1.53. The zero-order valence-corrected chi connectivity index (χ0v) is 18.9. The van der Waals surface area contributed by atoms with Gasteiger partial charge >= 0.3 is 0 Å². The molecule has 0 aliphatic rings. The van der Waals surface area contributed by atoms with Gasteiger partial charge in [-0.2, -0.15) is 0 Å². The number of nitrogens with one attached hydrogen (secondary N) is 3. The third kappa shape index (κ3) is 5.50. The zero-order chi connectivity index (χ0) is 24.8. The van der Waals surface area contributed by atoms with E-state index in [1.54, 1.807) is 42.6 Å². The maximum Gasteiger partial charge on any atom is 0.247 e. The van der Waals surface area contributed by atoms with Crippen LogP contribution in [0.2, 0.25) is 0 Å². The lowest BCUT2D eigenvalue weighted by molar-refractivity contribution is -0.111. The molecule has 0 spiro atoms. The number of imidazole rings is 1. The number of aliphatic hydroxyl groups excluding tert-OH is 1. The van der Waals surface area contributed by atoms with Crippen LogP contribution in [-0.2, 0) is 11.2 Å². The summed E-state index contributed by atoms with van der Waals surface area (Å²) in [6.07, 6.45) is 3.09. The largest absolute Gasteiger partial charge is 0.495 e. The summed E-state index contributed by atoms with van der Waals surface area (Å²) in [5, 5.41) is 15.2. The fourth-order valence-corrected chi connectivity index (χ4v) is 3.40. The van der Waals surface area contributed by atoms with E-state index >= 15 is 0 Å². The minimum absolute atomic E-state index is 0.0785. The Morgan fingerprint density at radius 2 is 2.00 bits per heavy atom. The highest BCUT2D eigenvalue weighted by Gasteiger charge is 2.17. The second-order valence-corrected chi connectivity index (χ2v) is 7.39. The summed E-state index contributed by atoms with van der Waals surface area (Å²) >= 11 is 0. The molecule has 0 radical (unpaired) electrons. The fraction of sp³-hybridized carbons (Fsp3) is 0.120. The van der Waals surface area contributed by atoms with E-state index in [1.165, 1.54) is 25.3 Å². The molecule has 0 unspecified atom stereocenters. The molecule has 4 rings (SSSR count). The van der Waals surface area contributed by atoms with E-state index < -0.39 is 0 Å². The molecule has 2 aromatic carbocycles. The van der Waals surface area contributed by atoms with Gasteiger partial charge < -0.3 is 25.5 Å². The Hall–Kier alpha value is -4.57. The number of aliphatic hydroxyl groups is 1. The van der Waals surface area contributed by atoms with Gasteiger partial charge in [0.15, 0.2) is 0 Å². The number of nitrogens with zero attached hydrogens (tertiary/aromatic N) is 3. The third-order valence-corrected chi connectivity index (χ3v) is 5.03.